The number of benzene rings is 2. The first-order chi connectivity index (χ1) is 21.4. The van der Waals surface area contributed by atoms with Crippen molar-refractivity contribution in [3.8, 4) is 40.1 Å². The summed E-state index contributed by atoms with van der Waals surface area (Å²) in [5.41, 5.74) is -0.862. The van der Waals surface area contributed by atoms with Crippen molar-refractivity contribution in [2.45, 2.75) is 68.3 Å². The number of aliphatic hydroxyl groups is 6. The van der Waals surface area contributed by atoms with Crippen LogP contribution in [0.2, 0.25) is 0 Å². The maximum atomic E-state index is 13.8. The number of aromatic hydroxyl groups is 2. The van der Waals surface area contributed by atoms with E-state index in [-0.39, 0.29) is 39.5 Å². The Morgan fingerprint density at radius 3 is 2.16 bits per heavy atom. The van der Waals surface area contributed by atoms with Crippen LogP contribution in [0.1, 0.15) is 6.92 Å². The Bertz CT molecular complexity index is 1570. The van der Waals surface area contributed by atoms with Gasteiger partial charge in [-0.25, -0.2) is 0 Å². The summed E-state index contributed by atoms with van der Waals surface area (Å²) in [6.45, 7) is 0.868. The molecule has 5 rings (SSSR count). The lowest BCUT2D eigenvalue weighted by Gasteiger charge is -2.42. The topological polar surface area (TPSA) is 247 Å². The molecule has 0 unspecified atom stereocenters. The second-order valence-corrected chi connectivity index (χ2v) is 10.6. The summed E-state index contributed by atoms with van der Waals surface area (Å²) in [4.78, 5) is 13.8. The molecule has 2 fully saturated rings. The molecule has 2 aliphatic rings. The van der Waals surface area contributed by atoms with Crippen LogP contribution in [0.4, 0.5) is 0 Å². The van der Waals surface area contributed by atoms with Gasteiger partial charge in [0.25, 0.3) is 0 Å². The molecule has 0 bridgehead atoms. The highest BCUT2D eigenvalue weighted by Gasteiger charge is 2.47. The van der Waals surface area contributed by atoms with Crippen molar-refractivity contribution < 1.29 is 73.7 Å². The third kappa shape index (κ3) is 6.11. The zero-order chi connectivity index (χ0) is 32.7. The van der Waals surface area contributed by atoms with Gasteiger partial charge in [-0.15, -0.1) is 0 Å². The van der Waals surface area contributed by atoms with E-state index in [2.05, 4.69) is 0 Å². The first kappa shape index (κ1) is 32.7. The van der Waals surface area contributed by atoms with Crippen LogP contribution in [0.15, 0.2) is 39.5 Å². The van der Waals surface area contributed by atoms with E-state index >= 15 is 0 Å². The molecule has 16 nitrogen and oxygen atoms in total. The molecule has 2 aliphatic heterocycles. The quantitative estimate of drug-likeness (QED) is 0.146. The molecule has 2 aromatic carbocycles. The largest absolute Gasteiger partial charge is 0.507 e. The number of ether oxygens (including phenoxy) is 6. The van der Waals surface area contributed by atoms with E-state index in [1.165, 1.54) is 51.5 Å². The van der Waals surface area contributed by atoms with Crippen LogP contribution in [-0.2, 0) is 14.2 Å². The lowest BCUT2D eigenvalue weighted by molar-refractivity contribution is -0.318. The van der Waals surface area contributed by atoms with Gasteiger partial charge in [-0.1, -0.05) is 0 Å². The molecule has 45 heavy (non-hydrogen) atoms. The molecule has 2 saturated heterocycles. The minimum absolute atomic E-state index is 0.0125. The van der Waals surface area contributed by atoms with Crippen molar-refractivity contribution in [1.82, 2.24) is 0 Å². The fraction of sp³-hybridized carbons (Fsp3) is 0.483. The lowest BCUT2D eigenvalue weighted by atomic mass is 9.98. The Morgan fingerprint density at radius 1 is 0.778 bits per heavy atom. The molecular weight excluding hydrogens is 604 g/mol. The second-order valence-electron chi connectivity index (χ2n) is 10.6. The van der Waals surface area contributed by atoms with Crippen molar-refractivity contribution in [3.63, 3.8) is 0 Å². The minimum Gasteiger partial charge on any atom is -0.507 e. The highest BCUT2D eigenvalue weighted by Crippen LogP contribution is 2.40. The van der Waals surface area contributed by atoms with Gasteiger partial charge >= 0.3 is 0 Å². The van der Waals surface area contributed by atoms with Crippen molar-refractivity contribution >= 4 is 11.0 Å². The fourth-order valence-electron chi connectivity index (χ4n) is 5.10. The van der Waals surface area contributed by atoms with Gasteiger partial charge in [0, 0.05) is 17.7 Å². The smallest absolute Gasteiger partial charge is 0.239 e. The molecule has 3 aromatic rings. The van der Waals surface area contributed by atoms with Gasteiger partial charge in [0.05, 0.1) is 26.9 Å². The Morgan fingerprint density at radius 2 is 1.47 bits per heavy atom. The van der Waals surface area contributed by atoms with Crippen LogP contribution in [0, 0.1) is 0 Å². The Labute approximate surface area is 254 Å². The molecule has 0 aliphatic carbocycles. The molecule has 8 N–H and O–H groups in total. The van der Waals surface area contributed by atoms with E-state index in [4.69, 9.17) is 32.8 Å². The predicted octanol–water partition coefficient (Wildman–Crippen LogP) is -1.08. The molecule has 0 radical (unpaired) electrons. The van der Waals surface area contributed by atoms with Crippen LogP contribution < -0.4 is 19.6 Å². The molecule has 16 heteroatoms. The molecule has 246 valence electrons. The SMILES string of the molecule is COc1cc(O)c2c(=O)c(O[C@@H]3O[C@H](CO[C@@H]4O[C@@H](C)[C@H](O)[C@@H](O)[C@H]4O)[C@H](O)[C@H](O)[C@H]3O)c(-c3ccc(O)c(OC)c3)oc2c1. The van der Waals surface area contributed by atoms with Gasteiger partial charge in [0.2, 0.25) is 17.5 Å². The van der Waals surface area contributed by atoms with Crippen molar-refractivity contribution in [1.29, 1.82) is 0 Å². The van der Waals surface area contributed by atoms with Crippen LogP contribution in [0.25, 0.3) is 22.3 Å². The fourth-order valence-corrected chi connectivity index (χ4v) is 5.10. The van der Waals surface area contributed by atoms with E-state index < -0.39 is 84.9 Å². The summed E-state index contributed by atoms with van der Waals surface area (Å²) in [6.07, 6.45) is -15.9. The Hall–Kier alpha value is -3.71. The summed E-state index contributed by atoms with van der Waals surface area (Å²) in [7, 11) is 2.65. The number of hydrogen-bond donors (Lipinski definition) is 8. The van der Waals surface area contributed by atoms with Crippen LogP contribution in [0.3, 0.4) is 0 Å². The molecule has 0 spiro atoms. The van der Waals surface area contributed by atoms with Gasteiger partial charge in [0.1, 0.15) is 65.2 Å². The Kier molecular flexibility index (Phi) is 9.41. The number of phenolic OH excluding ortho intramolecular Hbond substituents is 2. The zero-order valence-corrected chi connectivity index (χ0v) is 24.2. The lowest BCUT2D eigenvalue weighted by Crippen LogP contribution is -2.61. The van der Waals surface area contributed by atoms with Crippen LogP contribution in [0.5, 0.6) is 28.7 Å². The number of hydrogen-bond acceptors (Lipinski definition) is 16. The average Bonchev–Trinajstić information content (AvgIpc) is 3.02. The third-order valence-corrected chi connectivity index (χ3v) is 7.72. The maximum Gasteiger partial charge on any atom is 0.239 e. The highest BCUT2D eigenvalue weighted by molar-refractivity contribution is 5.88. The summed E-state index contributed by atoms with van der Waals surface area (Å²) in [5, 5.41) is 82.6. The standard InChI is InChI=1S/C29H34O16/c1-10-19(32)22(35)24(37)28(42-10)41-9-17-20(33)23(36)25(38)29(44-17)45-27-21(34)18-14(31)7-12(39-2)8-16(18)43-26(27)11-4-5-13(30)15(6-11)40-3/h4-8,10,17,19-20,22-25,28-33,35-38H,9H2,1-3H3/t10-,17+,19-,20-,22+,23-,24+,25+,28+,29-/m0/s1. The number of methoxy groups -OCH3 is 2. The normalized spacial score (nSPS) is 31.9. The summed E-state index contributed by atoms with van der Waals surface area (Å²) in [6, 6.07) is 6.50. The van der Waals surface area contributed by atoms with E-state index in [0.717, 1.165) is 0 Å². The highest BCUT2D eigenvalue weighted by atomic mass is 16.7. The first-order valence-corrected chi connectivity index (χ1v) is 13.8. The number of rotatable bonds is 8. The van der Waals surface area contributed by atoms with Gasteiger partial charge in [-0.05, 0) is 25.1 Å². The molecule has 0 amide bonds. The second kappa shape index (κ2) is 13.0. The van der Waals surface area contributed by atoms with E-state index in [1.54, 1.807) is 0 Å². The molecule has 1 aromatic heterocycles. The van der Waals surface area contributed by atoms with Crippen molar-refractivity contribution in [2.75, 3.05) is 20.8 Å². The van der Waals surface area contributed by atoms with Crippen molar-refractivity contribution in [2.24, 2.45) is 0 Å². The summed E-state index contributed by atoms with van der Waals surface area (Å²) < 4.78 is 38.7. The first-order valence-electron chi connectivity index (χ1n) is 13.8. The molecule has 3 heterocycles. The monoisotopic (exact) mass is 638 g/mol. The van der Waals surface area contributed by atoms with Gasteiger partial charge in [0.15, 0.2) is 23.5 Å². The van der Waals surface area contributed by atoms with Gasteiger partial charge in [-0.3, -0.25) is 4.79 Å². The maximum absolute atomic E-state index is 13.8. The zero-order valence-electron chi connectivity index (χ0n) is 24.2. The van der Waals surface area contributed by atoms with Crippen LogP contribution >= 0.6 is 0 Å². The number of fused-ring (bicyclic) bond motifs is 1. The van der Waals surface area contributed by atoms with Crippen molar-refractivity contribution in [3.05, 3.63) is 40.6 Å². The third-order valence-electron chi connectivity index (χ3n) is 7.72. The molecular formula is C29H34O16. The molecule has 10 atom stereocenters. The van der Waals surface area contributed by atoms with E-state index in [1.807, 2.05) is 0 Å². The summed E-state index contributed by atoms with van der Waals surface area (Å²) >= 11 is 0. The average molecular weight is 639 g/mol. The van der Waals surface area contributed by atoms with Crippen LogP contribution in [-0.4, -0.2) is 123 Å². The number of aliphatic hydroxyl groups excluding tert-OH is 6. The number of phenols is 2. The minimum atomic E-state index is -1.92. The van der Waals surface area contributed by atoms with Gasteiger partial charge in [-0.2, -0.15) is 0 Å². The Balaban J connectivity index is 1.50. The predicted molar refractivity (Wildman–Crippen MR) is 150 cm³/mol. The molecule has 0 saturated carbocycles. The van der Waals surface area contributed by atoms with E-state index in [0.29, 0.717) is 0 Å². The van der Waals surface area contributed by atoms with Gasteiger partial charge < -0.3 is 73.7 Å². The summed E-state index contributed by atoms with van der Waals surface area (Å²) in [5.74, 6) is -1.39. The van der Waals surface area contributed by atoms with E-state index in [9.17, 15) is 45.6 Å².